The summed E-state index contributed by atoms with van der Waals surface area (Å²) in [7, 11) is 0. The quantitative estimate of drug-likeness (QED) is 0.650. The van der Waals surface area contributed by atoms with Crippen LogP contribution in [0.5, 0.6) is 0 Å². The van der Waals surface area contributed by atoms with E-state index in [0.29, 0.717) is 5.69 Å². The van der Waals surface area contributed by atoms with Gasteiger partial charge in [-0.25, -0.2) is 0 Å². The highest BCUT2D eigenvalue weighted by molar-refractivity contribution is 5.59. The van der Waals surface area contributed by atoms with Gasteiger partial charge in [0.2, 0.25) is 0 Å². The predicted octanol–water partition coefficient (Wildman–Crippen LogP) is 3.62. The zero-order chi connectivity index (χ0) is 13.7. The van der Waals surface area contributed by atoms with E-state index in [4.69, 9.17) is 0 Å². The maximum absolute atomic E-state index is 10.9. The molecule has 0 spiro atoms. The SMILES string of the molecule is CC1CCCC(CCNc2ccncc2[N+](=O)[O-])C1. The lowest BCUT2D eigenvalue weighted by Crippen LogP contribution is -2.16. The molecule has 1 heterocycles. The molecule has 0 aliphatic heterocycles. The fraction of sp³-hybridized carbons (Fsp3) is 0.643. The Hall–Kier alpha value is -1.65. The van der Waals surface area contributed by atoms with Crippen molar-refractivity contribution >= 4 is 11.4 Å². The van der Waals surface area contributed by atoms with Crippen LogP contribution in [0.15, 0.2) is 18.5 Å². The fourth-order valence-corrected chi connectivity index (χ4v) is 2.91. The van der Waals surface area contributed by atoms with Crippen molar-refractivity contribution in [1.29, 1.82) is 0 Å². The van der Waals surface area contributed by atoms with Crippen LogP contribution >= 0.6 is 0 Å². The molecule has 1 fully saturated rings. The van der Waals surface area contributed by atoms with Gasteiger partial charge in [-0.15, -0.1) is 0 Å². The zero-order valence-electron chi connectivity index (χ0n) is 11.3. The molecule has 1 saturated carbocycles. The summed E-state index contributed by atoms with van der Waals surface area (Å²) < 4.78 is 0. The second-order valence-electron chi connectivity index (χ2n) is 5.50. The molecule has 0 aromatic carbocycles. The summed E-state index contributed by atoms with van der Waals surface area (Å²) in [6.07, 6.45) is 9.22. The fourth-order valence-electron chi connectivity index (χ4n) is 2.91. The molecule has 0 bridgehead atoms. The van der Waals surface area contributed by atoms with Gasteiger partial charge in [0.05, 0.1) is 4.92 Å². The second kappa shape index (κ2) is 6.50. The Morgan fingerprint density at radius 1 is 1.53 bits per heavy atom. The second-order valence-corrected chi connectivity index (χ2v) is 5.50. The van der Waals surface area contributed by atoms with Gasteiger partial charge in [-0.2, -0.15) is 0 Å². The molecule has 19 heavy (non-hydrogen) atoms. The molecular weight excluding hydrogens is 242 g/mol. The smallest absolute Gasteiger partial charge is 0.310 e. The monoisotopic (exact) mass is 263 g/mol. The number of nitro groups is 1. The average molecular weight is 263 g/mol. The molecule has 5 nitrogen and oxygen atoms in total. The van der Waals surface area contributed by atoms with E-state index in [1.807, 2.05) is 0 Å². The topological polar surface area (TPSA) is 68.1 Å². The Kier molecular flexibility index (Phi) is 4.71. The standard InChI is InChI=1S/C14H21N3O2/c1-11-3-2-4-12(9-11)5-8-16-13-6-7-15-10-14(13)17(18)19/h6-7,10-12H,2-5,8-9H2,1H3,(H,15,16). The van der Waals surface area contributed by atoms with Crippen LogP contribution in [-0.4, -0.2) is 16.5 Å². The first-order valence-corrected chi connectivity index (χ1v) is 6.99. The molecule has 1 aromatic heterocycles. The third-order valence-electron chi connectivity index (χ3n) is 3.91. The summed E-state index contributed by atoms with van der Waals surface area (Å²) in [5.74, 6) is 1.59. The van der Waals surface area contributed by atoms with E-state index in [2.05, 4.69) is 17.2 Å². The highest BCUT2D eigenvalue weighted by Crippen LogP contribution is 2.31. The lowest BCUT2D eigenvalue weighted by molar-refractivity contribution is -0.384. The molecule has 2 atom stereocenters. The largest absolute Gasteiger partial charge is 0.379 e. The first kappa shape index (κ1) is 13.8. The molecular formula is C14H21N3O2. The number of hydrogen-bond acceptors (Lipinski definition) is 4. The van der Waals surface area contributed by atoms with Crippen LogP contribution < -0.4 is 5.32 Å². The summed E-state index contributed by atoms with van der Waals surface area (Å²) in [4.78, 5) is 14.3. The van der Waals surface area contributed by atoms with Gasteiger partial charge in [0.25, 0.3) is 0 Å². The molecule has 104 valence electrons. The van der Waals surface area contributed by atoms with E-state index in [0.717, 1.165) is 24.8 Å². The lowest BCUT2D eigenvalue weighted by atomic mass is 9.81. The van der Waals surface area contributed by atoms with Crippen LogP contribution in [0.1, 0.15) is 39.0 Å². The molecule has 1 aliphatic carbocycles. The van der Waals surface area contributed by atoms with Crippen LogP contribution in [0.4, 0.5) is 11.4 Å². The minimum absolute atomic E-state index is 0.0551. The summed E-state index contributed by atoms with van der Waals surface area (Å²) >= 11 is 0. The van der Waals surface area contributed by atoms with Crippen molar-refractivity contribution in [2.75, 3.05) is 11.9 Å². The maximum atomic E-state index is 10.9. The molecule has 0 amide bonds. The molecule has 1 N–H and O–H groups in total. The average Bonchev–Trinajstić information content (AvgIpc) is 2.39. The number of hydrogen-bond donors (Lipinski definition) is 1. The summed E-state index contributed by atoms with van der Waals surface area (Å²) in [6, 6.07) is 1.67. The van der Waals surface area contributed by atoms with Gasteiger partial charge in [0.15, 0.2) is 0 Å². The molecule has 5 heteroatoms. The van der Waals surface area contributed by atoms with Crippen molar-refractivity contribution in [3.05, 3.63) is 28.6 Å². The van der Waals surface area contributed by atoms with E-state index < -0.39 is 4.92 Å². The van der Waals surface area contributed by atoms with Crippen molar-refractivity contribution in [2.45, 2.75) is 39.0 Å². The number of nitrogens with one attached hydrogen (secondary N) is 1. The number of anilines is 1. The normalized spacial score (nSPS) is 23.0. The Labute approximate surface area is 113 Å². The first-order valence-electron chi connectivity index (χ1n) is 6.99. The van der Waals surface area contributed by atoms with Crippen molar-refractivity contribution in [3.8, 4) is 0 Å². The van der Waals surface area contributed by atoms with Gasteiger partial charge >= 0.3 is 5.69 Å². The minimum Gasteiger partial charge on any atom is -0.379 e. The van der Waals surface area contributed by atoms with Crippen molar-refractivity contribution in [3.63, 3.8) is 0 Å². The van der Waals surface area contributed by atoms with E-state index in [-0.39, 0.29) is 5.69 Å². The highest BCUT2D eigenvalue weighted by Gasteiger charge is 2.19. The number of rotatable bonds is 5. The number of pyridine rings is 1. The summed E-state index contributed by atoms with van der Waals surface area (Å²) in [6.45, 7) is 3.11. The van der Waals surface area contributed by atoms with E-state index in [9.17, 15) is 10.1 Å². The molecule has 0 radical (unpaired) electrons. The van der Waals surface area contributed by atoms with E-state index in [1.165, 1.54) is 31.9 Å². The van der Waals surface area contributed by atoms with Gasteiger partial charge in [-0.3, -0.25) is 15.1 Å². The number of aromatic nitrogens is 1. The molecule has 2 unspecified atom stereocenters. The predicted molar refractivity (Wildman–Crippen MR) is 75.1 cm³/mol. The van der Waals surface area contributed by atoms with Crippen molar-refractivity contribution in [1.82, 2.24) is 4.98 Å². The van der Waals surface area contributed by atoms with Gasteiger partial charge < -0.3 is 5.32 Å². The summed E-state index contributed by atoms with van der Waals surface area (Å²) in [5, 5.41) is 14.0. The highest BCUT2D eigenvalue weighted by atomic mass is 16.6. The van der Waals surface area contributed by atoms with E-state index in [1.54, 1.807) is 12.3 Å². The van der Waals surface area contributed by atoms with Crippen molar-refractivity contribution < 1.29 is 4.92 Å². The van der Waals surface area contributed by atoms with Crippen LogP contribution in [0.25, 0.3) is 0 Å². The first-order chi connectivity index (χ1) is 9.16. The third kappa shape index (κ3) is 3.91. The van der Waals surface area contributed by atoms with Crippen LogP contribution in [0.2, 0.25) is 0 Å². The van der Waals surface area contributed by atoms with Crippen LogP contribution in [-0.2, 0) is 0 Å². The Morgan fingerprint density at radius 2 is 2.37 bits per heavy atom. The Morgan fingerprint density at radius 3 is 3.11 bits per heavy atom. The van der Waals surface area contributed by atoms with Crippen molar-refractivity contribution in [2.24, 2.45) is 11.8 Å². The molecule has 0 saturated heterocycles. The lowest BCUT2D eigenvalue weighted by Gasteiger charge is -2.26. The number of nitrogens with zero attached hydrogens (tertiary/aromatic N) is 2. The van der Waals surface area contributed by atoms with Gasteiger partial charge in [0.1, 0.15) is 11.9 Å². The van der Waals surface area contributed by atoms with Gasteiger partial charge in [-0.05, 0) is 30.7 Å². The molecule has 2 rings (SSSR count). The third-order valence-corrected chi connectivity index (χ3v) is 3.91. The summed E-state index contributed by atoms with van der Waals surface area (Å²) in [5.41, 5.74) is 0.628. The van der Waals surface area contributed by atoms with Crippen LogP contribution in [0, 0.1) is 22.0 Å². The van der Waals surface area contributed by atoms with E-state index >= 15 is 0 Å². The zero-order valence-corrected chi connectivity index (χ0v) is 11.3. The Balaban J connectivity index is 1.84. The Bertz CT molecular complexity index is 436. The maximum Gasteiger partial charge on any atom is 0.310 e. The molecule has 1 aromatic rings. The minimum atomic E-state index is -0.391. The van der Waals surface area contributed by atoms with Gasteiger partial charge in [0, 0.05) is 12.7 Å². The van der Waals surface area contributed by atoms with Gasteiger partial charge in [-0.1, -0.05) is 26.2 Å². The molecule has 1 aliphatic rings. The van der Waals surface area contributed by atoms with Crippen LogP contribution in [0.3, 0.4) is 0 Å².